The number of pyridine rings is 1. The van der Waals surface area contributed by atoms with Crippen molar-refractivity contribution >= 4 is 20.1 Å². The number of carbonyl (C=O) groups is 2. The van der Waals surface area contributed by atoms with Crippen molar-refractivity contribution in [3.8, 4) is 5.75 Å². The van der Waals surface area contributed by atoms with Crippen LogP contribution >= 0.6 is 8.17 Å². The second-order valence-electron chi connectivity index (χ2n) is 18.2. The van der Waals surface area contributed by atoms with Crippen molar-refractivity contribution in [2.24, 2.45) is 0 Å². The van der Waals surface area contributed by atoms with E-state index >= 15 is 0 Å². The highest BCUT2D eigenvalue weighted by molar-refractivity contribution is 7.53. The Morgan fingerprint density at radius 1 is 0.592 bits per heavy atom. The van der Waals surface area contributed by atoms with Crippen LogP contribution in [0, 0.1) is 6.92 Å². The molecule has 0 aliphatic carbocycles. The average molecular weight is 1040 g/mol. The van der Waals surface area contributed by atoms with E-state index in [1.165, 1.54) is 44.7 Å². The normalized spacial score (nSPS) is 14.7. The van der Waals surface area contributed by atoms with Crippen LogP contribution in [0.25, 0.3) is 0 Å². The number of aromatic nitrogens is 1. The second kappa shape index (κ2) is 41.0. The molecule has 23 heteroatoms. The number of rotatable bonds is 47. The zero-order valence-electron chi connectivity index (χ0n) is 43.2. The van der Waals surface area contributed by atoms with Gasteiger partial charge in [-0.15, -0.1) is 4.52 Å². The van der Waals surface area contributed by atoms with E-state index in [0.717, 1.165) is 71.2 Å². The van der Waals surface area contributed by atoms with Gasteiger partial charge in [0.25, 0.3) is 0 Å². The molecule has 0 amide bonds. The largest absolute Gasteiger partial charge is 0.567 e. The van der Waals surface area contributed by atoms with Crippen molar-refractivity contribution in [1.82, 2.24) is 30.7 Å². The molecule has 13 N–H and O–H groups in total. The molecule has 6 unspecified atom stereocenters. The van der Waals surface area contributed by atoms with Gasteiger partial charge in [0, 0.05) is 76.2 Å². The second-order valence-corrected chi connectivity index (χ2v) is 19.5. The van der Waals surface area contributed by atoms with Crippen molar-refractivity contribution in [3.05, 3.63) is 23.0 Å². The number of nitrogens with zero attached hydrogens (tertiary/aromatic N) is 3. The predicted octanol–water partition coefficient (Wildman–Crippen LogP) is 0.929. The van der Waals surface area contributed by atoms with Gasteiger partial charge in [-0.3, -0.25) is 14.6 Å². The summed E-state index contributed by atoms with van der Waals surface area (Å²) in [7, 11) is -4.47. The monoisotopic (exact) mass is 1040 g/mol. The van der Waals surface area contributed by atoms with Crippen LogP contribution in [0.4, 0.5) is 0 Å². The third kappa shape index (κ3) is 33.3. The Morgan fingerprint density at radius 3 is 1.48 bits per heavy atom. The number of aliphatic hydroxyl groups is 6. The van der Waals surface area contributed by atoms with Gasteiger partial charge in [-0.25, -0.2) is 0 Å². The molecule has 1 aromatic heterocycles. The van der Waals surface area contributed by atoms with Gasteiger partial charge in [0.15, 0.2) is 0 Å². The summed E-state index contributed by atoms with van der Waals surface area (Å²) in [5, 5.41) is 82.3. The molecule has 1 heterocycles. The van der Waals surface area contributed by atoms with Crippen LogP contribution in [0.5, 0.6) is 5.75 Å². The maximum Gasteiger partial charge on any atom is 0.567 e. The lowest BCUT2D eigenvalue weighted by Gasteiger charge is -2.25. The summed E-state index contributed by atoms with van der Waals surface area (Å²) in [6.45, 7) is 13.4. The molecule has 0 aromatic carbocycles. The number of carbonyl (C=O) groups excluding carboxylic acids is 2. The highest BCUT2D eigenvalue weighted by Crippen LogP contribution is 2.46. The molecule has 6 atom stereocenters. The number of aryl methyl sites for hydroxylation is 1. The Balaban J connectivity index is 2.36. The SMILES string of the molecule is CCCCCCCN(CCCC)CCNCCC(=O)OCC(O)C(O)C(O)COCC(O)C(O)C(O)COC(=O)CCNCCN(CCCCCCC)CCNCc1c(CO[P+](O)(O)O)cnc(C)c1O. The smallest absolute Gasteiger partial charge is 0.506 e. The van der Waals surface area contributed by atoms with Gasteiger partial charge in [-0.05, 0) is 45.8 Å². The number of hydrogen-bond acceptors (Lipinski definition) is 22. The summed E-state index contributed by atoms with van der Waals surface area (Å²) < 4.78 is 20.1. The van der Waals surface area contributed by atoms with Gasteiger partial charge in [0.1, 0.15) is 62.2 Å². The van der Waals surface area contributed by atoms with Crippen molar-refractivity contribution in [3.63, 3.8) is 0 Å². The fourth-order valence-electron chi connectivity index (χ4n) is 7.37. The van der Waals surface area contributed by atoms with Crippen LogP contribution in [-0.4, -0.2) is 212 Å². The molecule has 0 radical (unpaired) electrons. The first-order valence-electron chi connectivity index (χ1n) is 25.9. The lowest BCUT2D eigenvalue weighted by atomic mass is 10.1. The summed E-state index contributed by atoms with van der Waals surface area (Å²) in [5.74, 6) is -1.28. The van der Waals surface area contributed by atoms with E-state index in [2.05, 4.69) is 51.5 Å². The van der Waals surface area contributed by atoms with Crippen LogP contribution < -0.4 is 16.0 Å². The molecule has 0 aliphatic heterocycles. The number of aliphatic hydroxyl groups excluding tert-OH is 6. The first kappa shape index (κ1) is 66.7. The Labute approximate surface area is 423 Å². The van der Waals surface area contributed by atoms with E-state index in [0.29, 0.717) is 49.5 Å². The van der Waals surface area contributed by atoms with E-state index < -0.39 is 83.2 Å². The fourth-order valence-corrected chi connectivity index (χ4v) is 7.68. The van der Waals surface area contributed by atoms with Gasteiger partial charge >= 0.3 is 20.1 Å². The quantitative estimate of drug-likeness (QED) is 0.0245. The molecule has 0 bridgehead atoms. The molecule has 416 valence electrons. The zero-order valence-corrected chi connectivity index (χ0v) is 44.1. The minimum absolute atomic E-state index is 0.0278. The van der Waals surface area contributed by atoms with Gasteiger partial charge < -0.3 is 75.7 Å². The van der Waals surface area contributed by atoms with Gasteiger partial charge in [-0.1, -0.05) is 78.6 Å². The molecular weight excluding hydrogens is 948 g/mol. The van der Waals surface area contributed by atoms with E-state index in [1.807, 2.05) is 0 Å². The lowest BCUT2D eigenvalue weighted by molar-refractivity contribution is -0.156. The molecule has 1 aromatic rings. The maximum atomic E-state index is 12.4. The molecule has 1 rings (SSSR count). The number of nitrogens with one attached hydrogen (secondary N) is 3. The Hall–Kier alpha value is -2.32. The van der Waals surface area contributed by atoms with Gasteiger partial charge in [-0.2, -0.15) is 14.7 Å². The number of aromatic hydroxyl groups is 1. The Bertz CT molecular complexity index is 1510. The number of hydrogen-bond donors (Lipinski definition) is 13. The molecular formula is C48H94N6O16P+. The van der Waals surface area contributed by atoms with Crippen LogP contribution in [0.15, 0.2) is 6.20 Å². The van der Waals surface area contributed by atoms with Crippen LogP contribution in [0.3, 0.4) is 0 Å². The van der Waals surface area contributed by atoms with Crippen molar-refractivity contribution < 1.29 is 78.7 Å². The summed E-state index contributed by atoms with van der Waals surface area (Å²) in [5.41, 5.74) is 1.25. The topological polar surface area (TPSA) is 329 Å². The number of ether oxygens (including phenoxy) is 3. The fraction of sp³-hybridized carbons (Fsp3) is 0.854. The molecule has 0 spiro atoms. The Kier molecular flexibility index (Phi) is 38.5. The van der Waals surface area contributed by atoms with E-state index in [9.17, 15) is 60.0 Å². The first-order valence-corrected chi connectivity index (χ1v) is 27.4. The van der Waals surface area contributed by atoms with E-state index in [4.69, 9.17) is 18.7 Å². The predicted molar refractivity (Wildman–Crippen MR) is 270 cm³/mol. The molecule has 22 nitrogen and oxygen atoms in total. The van der Waals surface area contributed by atoms with E-state index in [-0.39, 0.29) is 38.3 Å². The minimum Gasteiger partial charge on any atom is -0.506 e. The number of esters is 2. The van der Waals surface area contributed by atoms with Crippen LogP contribution in [0.1, 0.15) is 127 Å². The zero-order chi connectivity index (χ0) is 52.9. The minimum atomic E-state index is -4.47. The summed E-state index contributed by atoms with van der Waals surface area (Å²) in [6, 6.07) is 0. The summed E-state index contributed by atoms with van der Waals surface area (Å²) in [4.78, 5) is 61.1. The molecule has 0 fully saturated rings. The Morgan fingerprint density at radius 2 is 1.01 bits per heavy atom. The summed E-state index contributed by atoms with van der Waals surface area (Å²) >= 11 is 0. The van der Waals surface area contributed by atoms with Crippen LogP contribution in [0.2, 0.25) is 0 Å². The van der Waals surface area contributed by atoms with Gasteiger partial charge in [0.2, 0.25) is 0 Å². The van der Waals surface area contributed by atoms with Crippen LogP contribution in [-0.2, 0) is 41.5 Å². The molecule has 0 aliphatic rings. The molecule has 71 heavy (non-hydrogen) atoms. The van der Waals surface area contributed by atoms with Crippen molar-refractivity contribution in [2.45, 2.75) is 167 Å². The van der Waals surface area contributed by atoms with Gasteiger partial charge in [0.05, 0.1) is 31.7 Å². The third-order valence-corrected chi connectivity index (χ3v) is 12.4. The lowest BCUT2D eigenvalue weighted by Crippen LogP contribution is -2.45. The van der Waals surface area contributed by atoms with Crippen molar-refractivity contribution in [1.29, 1.82) is 0 Å². The standard InChI is InChI=1S/C48H93N6O16P/c1-5-8-11-13-15-25-53(24-10-7-3)27-21-49-19-17-44(59)68-35-42(57)47(62)40(55)33-67-34-41(56)48(63)43(58)36-69-45(60)18-20-50-22-28-54(26-16-14-12-9-6-2)29-23-51-31-39-38(32-70-71(64,65)66)30-52-37(4)46(39)61/h30,40-43,47-51,55-58,62-66H,5-29,31-36H2,1-4H3/p+1. The molecule has 0 saturated heterocycles. The first-order chi connectivity index (χ1) is 33.9. The highest BCUT2D eigenvalue weighted by Gasteiger charge is 2.34. The van der Waals surface area contributed by atoms with Crippen molar-refractivity contribution in [2.75, 3.05) is 98.4 Å². The molecule has 0 saturated carbocycles. The summed E-state index contributed by atoms with van der Waals surface area (Å²) in [6.07, 6.45) is 5.33. The third-order valence-electron chi connectivity index (χ3n) is 11.9. The highest BCUT2D eigenvalue weighted by atomic mass is 31.2. The van der Waals surface area contributed by atoms with E-state index in [1.54, 1.807) is 6.92 Å². The average Bonchev–Trinajstić information content (AvgIpc) is 3.34. The number of unbranched alkanes of at least 4 members (excludes halogenated alkanes) is 9. The maximum absolute atomic E-state index is 12.4.